The van der Waals surface area contributed by atoms with Crippen molar-refractivity contribution >= 4 is 15.9 Å². The number of carbonyl (C=O) groups excluding carboxylic acids is 1. The van der Waals surface area contributed by atoms with Gasteiger partial charge in [-0.25, -0.2) is 12.8 Å². The van der Waals surface area contributed by atoms with E-state index in [2.05, 4.69) is 0 Å². The Morgan fingerprint density at radius 2 is 1.72 bits per heavy atom. The summed E-state index contributed by atoms with van der Waals surface area (Å²) in [7, 11) is -1.76. The summed E-state index contributed by atoms with van der Waals surface area (Å²) in [6.45, 7) is 1.18. The summed E-state index contributed by atoms with van der Waals surface area (Å²) in [5, 5.41) is 0. The second kappa shape index (κ2) is 6.97. The van der Waals surface area contributed by atoms with Gasteiger partial charge in [0.2, 0.25) is 15.9 Å². The van der Waals surface area contributed by atoms with E-state index in [1.165, 1.54) is 16.4 Å². The third kappa shape index (κ3) is 3.91. The number of halogens is 1. The average molecular weight is 365 g/mol. The molecule has 0 bridgehead atoms. The van der Waals surface area contributed by atoms with E-state index >= 15 is 0 Å². The Labute approximate surface area is 146 Å². The quantitative estimate of drug-likeness (QED) is 0.819. The summed E-state index contributed by atoms with van der Waals surface area (Å²) in [5.74, 6) is -0.486. The number of aromatic nitrogens is 1. The van der Waals surface area contributed by atoms with E-state index in [0.717, 1.165) is 17.7 Å². The number of sulfonamides is 1. The molecule has 2 aromatic rings. The van der Waals surface area contributed by atoms with Crippen molar-refractivity contribution in [1.82, 2.24) is 13.8 Å². The Kier molecular flexibility index (Phi) is 4.91. The molecule has 0 atom stereocenters. The summed E-state index contributed by atoms with van der Waals surface area (Å²) >= 11 is 0. The van der Waals surface area contributed by atoms with E-state index in [0.29, 0.717) is 19.5 Å². The van der Waals surface area contributed by atoms with Gasteiger partial charge in [0.15, 0.2) is 0 Å². The molecule has 0 saturated carbocycles. The van der Waals surface area contributed by atoms with Gasteiger partial charge in [0.05, 0.1) is 11.3 Å². The van der Waals surface area contributed by atoms with Crippen LogP contribution in [-0.2, 0) is 28.3 Å². The molecule has 0 spiro atoms. The molecule has 0 aliphatic carbocycles. The maximum absolute atomic E-state index is 13.0. The van der Waals surface area contributed by atoms with E-state index in [1.54, 1.807) is 4.90 Å². The van der Waals surface area contributed by atoms with Crippen molar-refractivity contribution in [3.05, 3.63) is 54.1 Å². The Bertz CT molecular complexity index is 854. The lowest BCUT2D eigenvalue weighted by molar-refractivity contribution is -0.131. The highest BCUT2D eigenvalue weighted by atomic mass is 32.2. The highest BCUT2D eigenvalue weighted by Crippen LogP contribution is 2.18. The predicted octanol–water partition coefficient (Wildman–Crippen LogP) is 1.24. The topological polar surface area (TPSA) is 62.6 Å². The summed E-state index contributed by atoms with van der Waals surface area (Å²) in [5.41, 5.74) is 0.939. The summed E-state index contributed by atoms with van der Waals surface area (Å²) < 4.78 is 41.3. The van der Waals surface area contributed by atoms with Crippen molar-refractivity contribution in [2.24, 2.45) is 7.05 Å². The lowest BCUT2D eigenvalue weighted by Gasteiger charge is -2.34. The molecule has 134 valence electrons. The molecule has 0 N–H and O–H groups in total. The summed E-state index contributed by atoms with van der Waals surface area (Å²) in [6, 6.07) is 6.68. The van der Waals surface area contributed by atoms with Crippen LogP contribution in [0.5, 0.6) is 0 Å². The molecule has 25 heavy (non-hydrogen) atoms. The van der Waals surface area contributed by atoms with Gasteiger partial charge in [-0.3, -0.25) is 4.79 Å². The number of carbonyl (C=O) groups is 1. The number of nitrogens with zero attached hydrogens (tertiary/aromatic N) is 3. The lowest BCUT2D eigenvalue weighted by atomic mass is 10.2. The molecule has 1 aliphatic rings. The average Bonchev–Trinajstić information content (AvgIpc) is 3.00. The summed E-state index contributed by atoms with van der Waals surface area (Å²) in [4.78, 5) is 14.1. The van der Waals surface area contributed by atoms with Crippen LogP contribution in [-0.4, -0.2) is 54.3 Å². The molecule has 1 aliphatic heterocycles. The van der Waals surface area contributed by atoms with Gasteiger partial charge in [-0.2, -0.15) is 4.31 Å². The molecule has 1 fully saturated rings. The van der Waals surface area contributed by atoms with Crippen LogP contribution in [0.25, 0.3) is 0 Å². The Balaban J connectivity index is 1.61. The number of aryl methyl sites for hydroxylation is 1. The van der Waals surface area contributed by atoms with Crippen molar-refractivity contribution < 1.29 is 17.6 Å². The van der Waals surface area contributed by atoms with Gasteiger partial charge in [0, 0.05) is 45.6 Å². The Morgan fingerprint density at radius 1 is 1.08 bits per heavy atom. The maximum Gasteiger partial charge on any atom is 0.243 e. The van der Waals surface area contributed by atoms with Crippen LogP contribution in [0, 0.1) is 5.82 Å². The van der Waals surface area contributed by atoms with Crippen LogP contribution in [0.1, 0.15) is 5.56 Å². The minimum absolute atomic E-state index is 0.00923. The minimum atomic E-state index is -3.66. The first-order chi connectivity index (χ1) is 11.9. The van der Waals surface area contributed by atoms with Crippen LogP contribution in [0.3, 0.4) is 0 Å². The van der Waals surface area contributed by atoms with E-state index in [4.69, 9.17) is 0 Å². The van der Waals surface area contributed by atoms with Crippen LogP contribution < -0.4 is 0 Å². The zero-order chi connectivity index (χ0) is 18.0. The molecule has 6 nitrogen and oxygen atoms in total. The van der Waals surface area contributed by atoms with Crippen molar-refractivity contribution in [2.45, 2.75) is 11.3 Å². The lowest BCUT2D eigenvalue weighted by Crippen LogP contribution is -2.50. The Morgan fingerprint density at radius 3 is 2.28 bits per heavy atom. The monoisotopic (exact) mass is 365 g/mol. The molecule has 1 saturated heterocycles. The second-order valence-electron chi connectivity index (χ2n) is 6.10. The zero-order valence-electron chi connectivity index (χ0n) is 13.9. The third-order valence-corrected chi connectivity index (χ3v) is 6.20. The fraction of sp³-hybridized carbons (Fsp3) is 0.353. The fourth-order valence-electron chi connectivity index (χ4n) is 2.89. The number of piperazine rings is 1. The molecular formula is C17H20FN3O3S. The number of rotatable bonds is 4. The van der Waals surface area contributed by atoms with Gasteiger partial charge < -0.3 is 9.47 Å². The van der Waals surface area contributed by atoms with Crippen molar-refractivity contribution in [1.29, 1.82) is 0 Å². The van der Waals surface area contributed by atoms with Crippen molar-refractivity contribution in [3.63, 3.8) is 0 Å². The molecule has 1 amide bonds. The highest BCUT2D eigenvalue weighted by Gasteiger charge is 2.30. The molecule has 0 unspecified atom stereocenters. The van der Waals surface area contributed by atoms with E-state index in [9.17, 15) is 17.6 Å². The molecule has 2 heterocycles. The van der Waals surface area contributed by atoms with Crippen LogP contribution >= 0.6 is 0 Å². The number of benzene rings is 1. The normalized spacial score (nSPS) is 16.2. The van der Waals surface area contributed by atoms with E-state index in [1.807, 2.05) is 30.1 Å². The first-order valence-electron chi connectivity index (χ1n) is 8.00. The first-order valence-corrected chi connectivity index (χ1v) is 9.44. The smallest absolute Gasteiger partial charge is 0.243 e. The SMILES string of the molecule is Cn1ccc(CC(=O)N2CCN(S(=O)(=O)c3ccc(F)cc3)CC2)c1. The molecular weight excluding hydrogens is 345 g/mol. The van der Waals surface area contributed by atoms with Gasteiger partial charge in [-0.05, 0) is 35.9 Å². The molecule has 0 radical (unpaired) electrons. The molecule has 1 aromatic heterocycles. The standard InChI is InChI=1S/C17H20FN3O3S/c1-19-7-6-14(13-19)12-17(22)20-8-10-21(11-9-20)25(23,24)16-4-2-15(18)3-5-16/h2-7,13H,8-12H2,1H3. The second-order valence-corrected chi connectivity index (χ2v) is 8.04. The number of hydrogen-bond acceptors (Lipinski definition) is 3. The summed E-state index contributed by atoms with van der Waals surface area (Å²) in [6.07, 6.45) is 4.09. The van der Waals surface area contributed by atoms with Crippen molar-refractivity contribution in [3.8, 4) is 0 Å². The molecule has 3 rings (SSSR count). The molecule has 8 heteroatoms. The van der Waals surface area contributed by atoms with Crippen LogP contribution in [0.15, 0.2) is 47.6 Å². The van der Waals surface area contributed by atoms with E-state index < -0.39 is 15.8 Å². The van der Waals surface area contributed by atoms with Gasteiger partial charge in [-0.1, -0.05) is 0 Å². The van der Waals surface area contributed by atoms with Gasteiger partial charge >= 0.3 is 0 Å². The van der Waals surface area contributed by atoms with Gasteiger partial charge in [0.1, 0.15) is 5.82 Å². The third-order valence-electron chi connectivity index (χ3n) is 4.29. The highest BCUT2D eigenvalue weighted by molar-refractivity contribution is 7.89. The van der Waals surface area contributed by atoms with Crippen molar-refractivity contribution in [2.75, 3.05) is 26.2 Å². The maximum atomic E-state index is 13.0. The predicted molar refractivity (Wildman–Crippen MR) is 90.9 cm³/mol. The van der Waals surface area contributed by atoms with E-state index in [-0.39, 0.29) is 23.9 Å². The Hall–Kier alpha value is -2.19. The number of amides is 1. The van der Waals surface area contributed by atoms with Crippen LogP contribution in [0.4, 0.5) is 4.39 Å². The van der Waals surface area contributed by atoms with Gasteiger partial charge in [0.25, 0.3) is 0 Å². The molecule has 1 aromatic carbocycles. The van der Waals surface area contributed by atoms with Crippen LogP contribution in [0.2, 0.25) is 0 Å². The fourth-order valence-corrected chi connectivity index (χ4v) is 4.31. The largest absolute Gasteiger partial charge is 0.357 e. The zero-order valence-corrected chi connectivity index (χ0v) is 14.7. The van der Waals surface area contributed by atoms with Gasteiger partial charge in [-0.15, -0.1) is 0 Å². The number of hydrogen-bond donors (Lipinski definition) is 0. The minimum Gasteiger partial charge on any atom is -0.357 e. The first kappa shape index (κ1) is 17.6.